The van der Waals surface area contributed by atoms with E-state index < -0.39 is 6.03 Å². The van der Waals surface area contributed by atoms with Gasteiger partial charge in [-0.2, -0.15) is 0 Å². The van der Waals surface area contributed by atoms with E-state index in [0.717, 1.165) is 18.4 Å². The number of pyridine rings is 1. The van der Waals surface area contributed by atoms with Crippen LogP contribution in [-0.4, -0.2) is 49.4 Å². The Bertz CT molecular complexity index is 923. The number of carbonyl (C=O) groups excluding carboxylic acids is 1. The van der Waals surface area contributed by atoms with Gasteiger partial charge in [-0.05, 0) is 18.9 Å². The van der Waals surface area contributed by atoms with Crippen LogP contribution in [0.3, 0.4) is 0 Å². The second kappa shape index (κ2) is 11.4. The molecular weight excluding hydrogens is 410 g/mol. The van der Waals surface area contributed by atoms with Gasteiger partial charge < -0.3 is 25.3 Å². The number of nitrogens with zero attached hydrogens (tertiary/aromatic N) is 1. The Hall–Kier alpha value is -3.17. The number of aromatic nitrogens is 1. The van der Waals surface area contributed by atoms with E-state index in [1.54, 1.807) is 7.11 Å². The molecule has 9 nitrogen and oxygen atoms in total. The van der Waals surface area contributed by atoms with Crippen LogP contribution in [0.25, 0.3) is 0 Å². The quantitative estimate of drug-likeness (QED) is 0.354. The smallest absolute Gasteiger partial charge is 0.320 e. The van der Waals surface area contributed by atoms with E-state index in [2.05, 4.69) is 15.6 Å². The van der Waals surface area contributed by atoms with Gasteiger partial charge in [0.2, 0.25) is 5.90 Å². The van der Waals surface area contributed by atoms with Crippen LogP contribution < -0.4 is 16.4 Å². The van der Waals surface area contributed by atoms with Crippen LogP contribution in [0.15, 0.2) is 42.6 Å². The minimum atomic E-state index is -0.405. The van der Waals surface area contributed by atoms with Gasteiger partial charge in [-0.25, -0.2) is 9.78 Å². The third kappa shape index (κ3) is 6.66. The summed E-state index contributed by atoms with van der Waals surface area (Å²) in [5.41, 5.74) is 7.79. The fourth-order valence-electron chi connectivity index (χ4n) is 3.58. The van der Waals surface area contributed by atoms with Crippen molar-refractivity contribution < 1.29 is 23.3 Å². The van der Waals surface area contributed by atoms with Gasteiger partial charge in [0.25, 0.3) is 0 Å². The number of methoxy groups -OCH3 is 1. The second-order valence-corrected chi connectivity index (χ2v) is 7.77. The summed E-state index contributed by atoms with van der Waals surface area (Å²) >= 11 is 0. The molecule has 5 N–H and O–H groups in total. The van der Waals surface area contributed by atoms with E-state index in [1.165, 1.54) is 12.3 Å². The Kier molecular flexibility index (Phi) is 8.41. The van der Waals surface area contributed by atoms with E-state index in [4.69, 9.17) is 25.4 Å². The van der Waals surface area contributed by atoms with Crippen molar-refractivity contribution in [2.24, 2.45) is 0 Å². The highest BCUT2D eigenvalue weighted by atomic mass is 16.5. The second-order valence-electron chi connectivity index (χ2n) is 7.77. The minimum Gasteiger partial charge on any atom is -0.474 e. The molecule has 1 aromatic carbocycles. The van der Waals surface area contributed by atoms with Gasteiger partial charge in [0.1, 0.15) is 11.9 Å². The summed E-state index contributed by atoms with van der Waals surface area (Å²) in [6.07, 6.45) is 3.53. The van der Waals surface area contributed by atoms with Crippen LogP contribution in [0.4, 0.5) is 16.3 Å². The fourth-order valence-corrected chi connectivity index (χ4v) is 3.58. The molecule has 0 bridgehead atoms. The van der Waals surface area contributed by atoms with Gasteiger partial charge in [0.15, 0.2) is 0 Å². The molecule has 1 fully saturated rings. The molecule has 2 aromatic rings. The summed E-state index contributed by atoms with van der Waals surface area (Å²) in [6, 6.07) is 10.6. The monoisotopic (exact) mass is 447 g/mol. The van der Waals surface area contributed by atoms with Crippen molar-refractivity contribution in [3.8, 4) is 0 Å². The number of benzene rings is 1. The summed E-state index contributed by atoms with van der Waals surface area (Å²) < 4.78 is 16.4. The molecule has 178 valence electrons. The molecule has 1 aliphatic heterocycles. The SMILES string of the molecule is COCCC(NC(=O)Nc1cc(N)c(C(=N)OC2CCOC(C)C2)cn1)c1ccccc1.[HH].[HH].[HH]. The van der Waals surface area contributed by atoms with Crippen LogP contribution in [0.1, 0.15) is 47.6 Å². The topological polar surface area (TPSA) is 132 Å². The molecule has 3 unspecified atom stereocenters. The van der Waals surface area contributed by atoms with Crippen molar-refractivity contribution >= 4 is 23.4 Å². The summed E-state index contributed by atoms with van der Waals surface area (Å²) in [6.45, 7) is 3.10. The van der Waals surface area contributed by atoms with Crippen molar-refractivity contribution in [2.75, 3.05) is 31.4 Å². The average Bonchev–Trinajstić information content (AvgIpc) is 2.77. The number of hydrogen-bond acceptors (Lipinski definition) is 7. The molecule has 0 spiro atoms. The number of hydrogen-bond donors (Lipinski definition) is 4. The molecule has 1 aromatic heterocycles. The summed E-state index contributed by atoms with van der Waals surface area (Å²) in [5.74, 6) is 0.253. The highest BCUT2D eigenvalue weighted by molar-refractivity contribution is 5.98. The zero-order chi connectivity index (χ0) is 22.9. The number of nitrogen functional groups attached to an aromatic ring is 1. The van der Waals surface area contributed by atoms with E-state index >= 15 is 0 Å². The fraction of sp³-hybridized carbons (Fsp3) is 0.435. The summed E-state index contributed by atoms with van der Waals surface area (Å²) in [4.78, 5) is 16.8. The van der Waals surface area contributed by atoms with Crippen molar-refractivity contribution in [2.45, 2.75) is 44.4 Å². The zero-order valence-electron chi connectivity index (χ0n) is 18.5. The molecule has 2 amide bonds. The molecule has 3 atom stereocenters. The molecule has 0 radical (unpaired) electrons. The van der Waals surface area contributed by atoms with Gasteiger partial charge in [-0.3, -0.25) is 10.7 Å². The molecule has 2 heterocycles. The lowest BCUT2D eigenvalue weighted by Crippen LogP contribution is -2.33. The van der Waals surface area contributed by atoms with E-state index in [1.807, 2.05) is 37.3 Å². The number of nitrogens with one attached hydrogen (secondary N) is 3. The van der Waals surface area contributed by atoms with Gasteiger partial charge in [-0.15, -0.1) is 0 Å². The van der Waals surface area contributed by atoms with Gasteiger partial charge in [0.05, 0.1) is 24.3 Å². The number of anilines is 2. The third-order valence-electron chi connectivity index (χ3n) is 5.26. The van der Waals surface area contributed by atoms with Crippen LogP contribution in [-0.2, 0) is 14.2 Å². The molecule has 32 heavy (non-hydrogen) atoms. The lowest BCUT2D eigenvalue weighted by molar-refractivity contribution is -0.0291. The van der Waals surface area contributed by atoms with Gasteiger partial charge in [0, 0.05) is 48.8 Å². The zero-order valence-corrected chi connectivity index (χ0v) is 18.5. The molecule has 0 saturated carbocycles. The number of carbonyl (C=O) groups is 1. The van der Waals surface area contributed by atoms with E-state index in [0.29, 0.717) is 30.9 Å². The number of urea groups is 1. The maximum atomic E-state index is 12.6. The van der Waals surface area contributed by atoms with Crippen molar-refractivity contribution in [1.29, 1.82) is 5.41 Å². The lowest BCUT2D eigenvalue weighted by Gasteiger charge is -2.28. The molecular formula is C23H37N5O4. The van der Waals surface area contributed by atoms with Crippen molar-refractivity contribution in [3.63, 3.8) is 0 Å². The first kappa shape index (κ1) is 23.5. The Labute approximate surface area is 192 Å². The first-order valence-corrected chi connectivity index (χ1v) is 10.7. The Morgan fingerprint density at radius 1 is 1.41 bits per heavy atom. The lowest BCUT2D eigenvalue weighted by atomic mass is 10.0. The van der Waals surface area contributed by atoms with E-state index in [9.17, 15) is 4.79 Å². The predicted octanol–water partition coefficient (Wildman–Crippen LogP) is 4.21. The third-order valence-corrected chi connectivity index (χ3v) is 5.26. The minimum absolute atomic E-state index is 0. The predicted molar refractivity (Wildman–Crippen MR) is 129 cm³/mol. The maximum Gasteiger partial charge on any atom is 0.320 e. The number of ether oxygens (including phenoxy) is 3. The first-order valence-electron chi connectivity index (χ1n) is 10.7. The van der Waals surface area contributed by atoms with Gasteiger partial charge >= 0.3 is 6.03 Å². The normalized spacial score (nSPS) is 19.1. The molecule has 0 aliphatic carbocycles. The first-order chi connectivity index (χ1) is 15.5. The molecule has 1 saturated heterocycles. The average molecular weight is 448 g/mol. The molecule has 1 aliphatic rings. The maximum absolute atomic E-state index is 12.6. The highest BCUT2D eigenvalue weighted by Crippen LogP contribution is 2.22. The van der Waals surface area contributed by atoms with Crippen LogP contribution in [0, 0.1) is 5.41 Å². The van der Waals surface area contributed by atoms with Crippen molar-refractivity contribution in [3.05, 3.63) is 53.7 Å². The van der Waals surface area contributed by atoms with Gasteiger partial charge in [-0.1, -0.05) is 30.3 Å². The van der Waals surface area contributed by atoms with Crippen molar-refractivity contribution in [1.82, 2.24) is 10.3 Å². The largest absolute Gasteiger partial charge is 0.474 e. The molecule has 3 rings (SSSR count). The Balaban J connectivity index is 0.00000385. The highest BCUT2D eigenvalue weighted by Gasteiger charge is 2.23. The number of nitrogens with two attached hydrogens (primary N) is 1. The summed E-state index contributed by atoms with van der Waals surface area (Å²) in [5, 5.41) is 13.9. The van der Waals surface area contributed by atoms with Crippen LogP contribution >= 0.6 is 0 Å². The molecule has 9 heteroatoms. The van der Waals surface area contributed by atoms with Crippen LogP contribution in [0.5, 0.6) is 0 Å². The van der Waals surface area contributed by atoms with E-state index in [-0.39, 0.29) is 34.2 Å². The Morgan fingerprint density at radius 2 is 2.19 bits per heavy atom. The summed E-state index contributed by atoms with van der Waals surface area (Å²) in [7, 11) is 1.63. The number of rotatable bonds is 8. The van der Waals surface area contributed by atoms with Crippen LogP contribution in [0.2, 0.25) is 0 Å². The Morgan fingerprint density at radius 3 is 2.88 bits per heavy atom. The standard InChI is InChI=1S/C23H31N5O4.3H2/c1-15-12-17(8-11-31-15)32-22(25)18-14-26-21(13-19(18)24)28-23(29)27-20(9-10-30-2)16-6-4-3-5-7-16;;;/h3-7,13-15,17,20,25H,8-12H2,1-2H3,(H4,24,26,27,28,29);3*1H. The number of amides is 2.